The predicted octanol–water partition coefficient (Wildman–Crippen LogP) is 0.819. The van der Waals surface area contributed by atoms with Crippen molar-refractivity contribution in [3.8, 4) is 12.1 Å². The van der Waals surface area contributed by atoms with E-state index in [0.29, 0.717) is 11.3 Å². The molecule has 19 heavy (non-hydrogen) atoms. The lowest BCUT2D eigenvalue weighted by Gasteiger charge is -2.16. The molecule has 0 aromatic carbocycles. The maximum absolute atomic E-state index is 12.2. The maximum atomic E-state index is 12.2. The third-order valence-corrected chi connectivity index (χ3v) is 2.68. The van der Waals surface area contributed by atoms with Crippen LogP contribution in [0.4, 0.5) is 0 Å². The number of nitriles is 2. The zero-order chi connectivity index (χ0) is 14.6. The molecule has 1 heterocycles. The van der Waals surface area contributed by atoms with Crippen LogP contribution in [-0.2, 0) is 0 Å². The van der Waals surface area contributed by atoms with Crippen LogP contribution in [0.1, 0.15) is 32.1 Å². The molecular formula is C12H12N4O3. The van der Waals surface area contributed by atoms with Gasteiger partial charge in [0.25, 0.3) is 5.91 Å². The number of amides is 1. The number of aromatic nitrogens is 1. The lowest BCUT2D eigenvalue weighted by molar-refractivity contribution is 0.0690. The van der Waals surface area contributed by atoms with Crippen molar-refractivity contribution in [2.24, 2.45) is 0 Å². The number of aryl methyl sites for hydroxylation is 1. The van der Waals surface area contributed by atoms with Gasteiger partial charge in [-0.15, -0.1) is 0 Å². The van der Waals surface area contributed by atoms with E-state index < -0.39 is 11.9 Å². The Bertz CT molecular complexity index is 588. The average molecular weight is 260 g/mol. The van der Waals surface area contributed by atoms with Gasteiger partial charge in [0.15, 0.2) is 0 Å². The Morgan fingerprint density at radius 3 is 2.16 bits per heavy atom. The van der Waals surface area contributed by atoms with E-state index in [4.69, 9.17) is 15.6 Å². The highest BCUT2D eigenvalue weighted by Crippen LogP contribution is 2.19. The number of carbonyl (C=O) groups excluding carboxylic acids is 1. The number of rotatable bonds is 4. The lowest BCUT2D eigenvalue weighted by Crippen LogP contribution is -2.32. The lowest BCUT2D eigenvalue weighted by atomic mass is 10.1. The zero-order valence-electron chi connectivity index (χ0n) is 10.5. The highest BCUT2D eigenvalue weighted by atomic mass is 16.4. The Kier molecular flexibility index (Phi) is 4.27. The van der Waals surface area contributed by atoms with E-state index in [1.54, 1.807) is 19.1 Å². The summed E-state index contributed by atoms with van der Waals surface area (Å²) in [5.41, 5.74) is 0.842. The first-order valence-electron chi connectivity index (χ1n) is 5.39. The third-order valence-electron chi connectivity index (χ3n) is 2.68. The van der Waals surface area contributed by atoms with Gasteiger partial charge < -0.3 is 15.0 Å². The summed E-state index contributed by atoms with van der Waals surface area (Å²) in [6, 6.07) is 3.60. The Morgan fingerprint density at radius 2 is 1.79 bits per heavy atom. The van der Waals surface area contributed by atoms with E-state index in [-0.39, 0.29) is 24.3 Å². The van der Waals surface area contributed by atoms with Gasteiger partial charge in [-0.3, -0.25) is 4.79 Å². The summed E-state index contributed by atoms with van der Waals surface area (Å²) >= 11 is 0. The van der Waals surface area contributed by atoms with Crippen LogP contribution in [0.15, 0.2) is 0 Å². The summed E-state index contributed by atoms with van der Waals surface area (Å²) in [7, 11) is 0. The van der Waals surface area contributed by atoms with Gasteiger partial charge >= 0.3 is 5.97 Å². The van der Waals surface area contributed by atoms with Crippen LogP contribution in [-0.4, -0.2) is 40.0 Å². The third kappa shape index (κ3) is 2.72. The van der Waals surface area contributed by atoms with Gasteiger partial charge in [0.2, 0.25) is 0 Å². The second-order valence-corrected chi connectivity index (χ2v) is 3.91. The normalized spacial score (nSPS) is 9.47. The molecule has 0 aliphatic heterocycles. The molecule has 7 heteroatoms. The van der Waals surface area contributed by atoms with E-state index in [9.17, 15) is 9.59 Å². The molecule has 0 aliphatic rings. The number of hydrogen-bond acceptors (Lipinski definition) is 4. The first-order valence-corrected chi connectivity index (χ1v) is 5.39. The van der Waals surface area contributed by atoms with Crippen LogP contribution in [0.3, 0.4) is 0 Å². The van der Waals surface area contributed by atoms with Crippen LogP contribution in [0, 0.1) is 36.5 Å². The molecule has 0 saturated carbocycles. The molecule has 1 aromatic heterocycles. The Balaban J connectivity index is 3.23. The van der Waals surface area contributed by atoms with Crippen LogP contribution in [0.25, 0.3) is 0 Å². The summed E-state index contributed by atoms with van der Waals surface area (Å²) in [6.45, 7) is 2.64. The molecule has 0 fully saturated rings. The summed E-state index contributed by atoms with van der Waals surface area (Å²) in [4.78, 5) is 26.9. The Labute approximate surface area is 109 Å². The Morgan fingerprint density at radius 1 is 1.26 bits per heavy atom. The minimum atomic E-state index is -1.16. The minimum absolute atomic E-state index is 0.0604. The standard InChI is InChI=1S/C12H12N4O3/c1-7-9(8(2)15-10(7)12(18)19)11(17)16(5-3-13)6-4-14/h15H,5-6H2,1-2H3,(H,18,19). The highest BCUT2D eigenvalue weighted by Gasteiger charge is 2.25. The van der Waals surface area contributed by atoms with Crippen LogP contribution in [0.2, 0.25) is 0 Å². The van der Waals surface area contributed by atoms with E-state index in [1.807, 2.05) is 0 Å². The molecule has 0 saturated heterocycles. The van der Waals surface area contributed by atoms with Crippen molar-refractivity contribution >= 4 is 11.9 Å². The summed E-state index contributed by atoms with van der Waals surface area (Å²) in [6.07, 6.45) is 0. The molecule has 98 valence electrons. The van der Waals surface area contributed by atoms with Crippen LogP contribution >= 0.6 is 0 Å². The molecule has 1 aromatic rings. The van der Waals surface area contributed by atoms with E-state index >= 15 is 0 Å². The molecule has 0 unspecified atom stereocenters. The molecule has 0 radical (unpaired) electrons. The molecule has 7 nitrogen and oxygen atoms in total. The fraction of sp³-hybridized carbons (Fsp3) is 0.333. The smallest absolute Gasteiger partial charge is 0.352 e. The second-order valence-electron chi connectivity index (χ2n) is 3.91. The minimum Gasteiger partial charge on any atom is -0.477 e. The Hall–Kier alpha value is -2.80. The summed E-state index contributed by atoms with van der Waals surface area (Å²) in [5, 5.41) is 26.2. The zero-order valence-corrected chi connectivity index (χ0v) is 10.5. The molecule has 1 amide bonds. The summed E-state index contributed by atoms with van der Waals surface area (Å²) in [5.74, 6) is -1.69. The number of nitrogens with zero attached hydrogens (tertiary/aromatic N) is 3. The van der Waals surface area contributed by atoms with Crippen LogP contribution in [0.5, 0.6) is 0 Å². The number of aromatic carboxylic acids is 1. The van der Waals surface area contributed by atoms with Gasteiger partial charge in [0, 0.05) is 5.69 Å². The number of aromatic amines is 1. The summed E-state index contributed by atoms with van der Waals surface area (Å²) < 4.78 is 0. The largest absolute Gasteiger partial charge is 0.477 e. The van der Waals surface area contributed by atoms with Gasteiger partial charge in [0.05, 0.1) is 17.7 Å². The molecular weight excluding hydrogens is 248 g/mol. The van der Waals surface area contributed by atoms with Gasteiger partial charge in [-0.2, -0.15) is 10.5 Å². The number of hydrogen-bond donors (Lipinski definition) is 2. The molecule has 0 atom stereocenters. The van der Waals surface area contributed by atoms with Gasteiger partial charge in [-0.1, -0.05) is 0 Å². The van der Waals surface area contributed by atoms with Crippen LogP contribution < -0.4 is 0 Å². The fourth-order valence-electron chi connectivity index (χ4n) is 1.81. The number of nitrogens with one attached hydrogen (secondary N) is 1. The molecule has 1 rings (SSSR count). The molecule has 2 N–H and O–H groups in total. The van der Waals surface area contributed by atoms with Crippen molar-refractivity contribution in [2.45, 2.75) is 13.8 Å². The van der Waals surface area contributed by atoms with Crippen molar-refractivity contribution in [3.63, 3.8) is 0 Å². The van der Waals surface area contributed by atoms with E-state index in [1.165, 1.54) is 6.92 Å². The van der Waals surface area contributed by atoms with Gasteiger partial charge in [-0.05, 0) is 19.4 Å². The first-order chi connectivity index (χ1) is 8.93. The molecule has 0 aliphatic carbocycles. The van der Waals surface area contributed by atoms with Gasteiger partial charge in [-0.25, -0.2) is 4.79 Å². The first kappa shape index (κ1) is 14.3. The van der Waals surface area contributed by atoms with Crippen molar-refractivity contribution in [2.75, 3.05) is 13.1 Å². The number of carbonyl (C=O) groups is 2. The second kappa shape index (κ2) is 5.69. The van der Waals surface area contributed by atoms with Crippen molar-refractivity contribution in [1.29, 1.82) is 10.5 Å². The van der Waals surface area contributed by atoms with Crippen molar-refractivity contribution in [1.82, 2.24) is 9.88 Å². The quantitative estimate of drug-likeness (QED) is 0.776. The van der Waals surface area contributed by atoms with Gasteiger partial charge in [0.1, 0.15) is 18.8 Å². The fourth-order valence-corrected chi connectivity index (χ4v) is 1.81. The van der Waals surface area contributed by atoms with E-state index in [2.05, 4.69) is 4.98 Å². The SMILES string of the molecule is Cc1[nH]c(C(=O)O)c(C)c1C(=O)N(CC#N)CC#N. The molecule has 0 spiro atoms. The topological polar surface area (TPSA) is 121 Å². The number of H-pyrrole nitrogens is 1. The number of carboxylic acids is 1. The predicted molar refractivity (Wildman–Crippen MR) is 64.4 cm³/mol. The van der Waals surface area contributed by atoms with E-state index in [0.717, 1.165) is 4.90 Å². The average Bonchev–Trinajstić information content (AvgIpc) is 2.64. The maximum Gasteiger partial charge on any atom is 0.352 e. The molecule has 0 bridgehead atoms. The highest BCUT2D eigenvalue weighted by molar-refractivity contribution is 6.01. The van der Waals surface area contributed by atoms with Crippen molar-refractivity contribution < 1.29 is 14.7 Å². The monoisotopic (exact) mass is 260 g/mol. The van der Waals surface area contributed by atoms with Crippen molar-refractivity contribution in [3.05, 3.63) is 22.5 Å². The number of carboxylic acid groups (broad SMARTS) is 1.